The van der Waals surface area contributed by atoms with E-state index in [2.05, 4.69) is 197 Å². The van der Waals surface area contributed by atoms with Crippen LogP contribution >= 0.6 is 0 Å². The van der Waals surface area contributed by atoms with Gasteiger partial charge < -0.3 is 5.73 Å². The predicted octanol–water partition coefficient (Wildman–Crippen LogP) is 13.2. The zero-order valence-corrected chi connectivity index (χ0v) is 33.4. The molecule has 0 radical (unpaired) electrons. The molecular weight excluding hydrogens is 713 g/mol. The van der Waals surface area contributed by atoms with Crippen LogP contribution in [0.3, 0.4) is 0 Å². The van der Waals surface area contributed by atoms with Gasteiger partial charge in [-0.15, -0.1) is 0 Å². The number of benzene rings is 9. The van der Waals surface area contributed by atoms with E-state index >= 15 is 0 Å². The summed E-state index contributed by atoms with van der Waals surface area (Å²) >= 11 is 0. The van der Waals surface area contributed by atoms with Crippen LogP contribution in [0.4, 0.5) is 0 Å². The van der Waals surface area contributed by atoms with E-state index in [0.29, 0.717) is 0 Å². The van der Waals surface area contributed by atoms with Gasteiger partial charge in [-0.2, -0.15) is 0 Å². The molecule has 10 aromatic rings. The molecule has 1 aliphatic rings. The highest BCUT2D eigenvalue weighted by Gasteiger charge is 2.35. The van der Waals surface area contributed by atoms with E-state index in [4.69, 9.17) is 10.7 Å². The fourth-order valence-corrected chi connectivity index (χ4v) is 10.2. The quantitative estimate of drug-likeness (QED) is 0.182. The molecule has 1 heterocycles. The lowest BCUT2D eigenvalue weighted by molar-refractivity contribution is 0.660. The molecule has 0 bridgehead atoms. The summed E-state index contributed by atoms with van der Waals surface area (Å²) in [7, 11) is 0. The van der Waals surface area contributed by atoms with Gasteiger partial charge in [-0.1, -0.05) is 159 Å². The van der Waals surface area contributed by atoms with Gasteiger partial charge in [-0.05, 0) is 141 Å². The Kier molecular flexibility index (Phi) is 7.93. The van der Waals surface area contributed by atoms with E-state index in [1.807, 2.05) is 6.20 Å². The van der Waals surface area contributed by atoms with Crippen molar-refractivity contribution in [1.29, 1.82) is 0 Å². The number of nitrogens with two attached hydrogens (primary N) is 1. The van der Waals surface area contributed by atoms with Gasteiger partial charge in [0.1, 0.15) is 0 Å². The van der Waals surface area contributed by atoms with E-state index in [9.17, 15) is 0 Å². The fourth-order valence-electron chi connectivity index (χ4n) is 10.2. The maximum absolute atomic E-state index is 6.54. The second-order valence-corrected chi connectivity index (χ2v) is 16.4. The SMILES string of the molecule is C/C=c1/c(-c2ccccc2)c2ccccc2c(-c2ccc3cc(-c4c5ccccc5c(-c5ccc6c(c5)C(C)(C)c5ccccc5-6)c5ccncc45)ccc3c2)/c1=C/N. The predicted molar refractivity (Wildman–Crippen MR) is 252 cm³/mol. The third-order valence-corrected chi connectivity index (χ3v) is 12.9. The largest absolute Gasteiger partial charge is 0.404 e. The Hall–Kier alpha value is -7.29. The van der Waals surface area contributed by atoms with Crippen molar-refractivity contribution in [3.05, 3.63) is 198 Å². The molecule has 2 heteroatoms. The zero-order chi connectivity index (χ0) is 39.8. The van der Waals surface area contributed by atoms with Crippen LogP contribution in [0.5, 0.6) is 0 Å². The second-order valence-electron chi connectivity index (χ2n) is 16.4. The van der Waals surface area contributed by atoms with Crippen LogP contribution < -0.4 is 16.2 Å². The molecule has 0 fully saturated rings. The molecule has 0 amide bonds. The first-order valence-electron chi connectivity index (χ1n) is 20.5. The average Bonchev–Trinajstić information content (AvgIpc) is 3.52. The molecule has 2 nitrogen and oxygen atoms in total. The Bertz CT molecular complexity index is 3430. The molecule has 0 unspecified atom stereocenters. The number of rotatable bonds is 4. The summed E-state index contributed by atoms with van der Waals surface area (Å²) < 4.78 is 0. The fraction of sp³-hybridized carbons (Fsp3) is 0.0702. The molecule has 0 atom stereocenters. The van der Waals surface area contributed by atoms with Crippen molar-refractivity contribution < 1.29 is 0 Å². The third-order valence-electron chi connectivity index (χ3n) is 12.9. The van der Waals surface area contributed by atoms with Crippen molar-refractivity contribution in [3.63, 3.8) is 0 Å². The van der Waals surface area contributed by atoms with Gasteiger partial charge in [-0.3, -0.25) is 4.98 Å². The molecule has 1 aliphatic carbocycles. The Balaban J connectivity index is 1.08. The van der Waals surface area contributed by atoms with E-state index in [0.717, 1.165) is 27.0 Å². The van der Waals surface area contributed by atoms with Gasteiger partial charge in [0, 0.05) is 34.6 Å². The summed E-state index contributed by atoms with van der Waals surface area (Å²) in [4.78, 5) is 4.72. The number of aromatic nitrogens is 1. The van der Waals surface area contributed by atoms with Gasteiger partial charge in [0.05, 0.1) is 0 Å². The zero-order valence-electron chi connectivity index (χ0n) is 33.4. The summed E-state index contributed by atoms with van der Waals surface area (Å²) in [5.41, 5.74) is 21.5. The van der Waals surface area contributed by atoms with Gasteiger partial charge >= 0.3 is 0 Å². The average molecular weight is 755 g/mol. The highest BCUT2D eigenvalue weighted by molar-refractivity contribution is 6.21. The lowest BCUT2D eigenvalue weighted by atomic mass is 9.80. The summed E-state index contributed by atoms with van der Waals surface area (Å²) in [6, 6.07) is 60.2. The van der Waals surface area contributed by atoms with Crippen LogP contribution in [0.1, 0.15) is 31.9 Å². The topological polar surface area (TPSA) is 38.9 Å². The van der Waals surface area contributed by atoms with Gasteiger partial charge in [0.2, 0.25) is 0 Å². The van der Waals surface area contributed by atoms with Crippen molar-refractivity contribution in [2.45, 2.75) is 26.2 Å². The molecule has 280 valence electrons. The summed E-state index contributed by atoms with van der Waals surface area (Å²) in [6.07, 6.45) is 7.97. The summed E-state index contributed by atoms with van der Waals surface area (Å²) in [6.45, 7) is 6.82. The molecule has 0 spiro atoms. The van der Waals surface area contributed by atoms with Crippen LogP contribution in [-0.2, 0) is 5.41 Å². The number of fused-ring (bicyclic) bond motifs is 7. The van der Waals surface area contributed by atoms with Crippen LogP contribution in [0.2, 0.25) is 0 Å². The number of nitrogens with zero attached hydrogens (tertiary/aromatic N) is 1. The van der Waals surface area contributed by atoms with Crippen LogP contribution in [0, 0.1) is 0 Å². The van der Waals surface area contributed by atoms with E-state index in [1.54, 1.807) is 6.20 Å². The number of hydrogen-bond acceptors (Lipinski definition) is 2. The van der Waals surface area contributed by atoms with E-state index in [-0.39, 0.29) is 5.41 Å². The Morgan fingerprint density at radius 2 is 0.949 bits per heavy atom. The van der Waals surface area contributed by atoms with Gasteiger partial charge in [-0.25, -0.2) is 0 Å². The van der Waals surface area contributed by atoms with Crippen LogP contribution in [0.25, 0.3) is 111 Å². The molecule has 0 saturated heterocycles. The maximum Gasteiger partial charge on any atom is 0.0353 e. The second kappa shape index (κ2) is 13.4. The van der Waals surface area contributed by atoms with E-state index < -0.39 is 0 Å². The molecule has 2 N–H and O–H groups in total. The van der Waals surface area contributed by atoms with Gasteiger partial charge in [0.25, 0.3) is 0 Å². The summed E-state index contributed by atoms with van der Waals surface area (Å²) in [5.74, 6) is 0. The first-order chi connectivity index (χ1) is 29.0. The van der Waals surface area contributed by atoms with Crippen molar-refractivity contribution in [3.8, 4) is 55.6 Å². The van der Waals surface area contributed by atoms with Crippen molar-refractivity contribution in [2.75, 3.05) is 0 Å². The number of hydrogen-bond donors (Lipinski definition) is 1. The minimum atomic E-state index is -0.0837. The maximum atomic E-state index is 6.54. The van der Waals surface area contributed by atoms with Crippen molar-refractivity contribution in [2.24, 2.45) is 5.73 Å². The molecule has 0 saturated carbocycles. The standard InChI is InChI=1S/C57H42N2/c1-4-41-49(33-58)55(46-19-10-8-17-44(46)53(41)35-14-6-5-7-15-35)38-24-22-37-31-39(25-23-36(37)30-38)56-47-20-11-9-18-45(47)54(48-28-29-59-34-50(48)56)40-26-27-43-42-16-12-13-21-51(42)57(2,3)52(43)32-40/h4-34H,58H2,1-3H3/b41-4+,49-33+. The Morgan fingerprint density at radius 1 is 0.441 bits per heavy atom. The van der Waals surface area contributed by atoms with Crippen molar-refractivity contribution in [1.82, 2.24) is 4.98 Å². The van der Waals surface area contributed by atoms with Crippen LogP contribution in [-0.4, -0.2) is 4.98 Å². The van der Waals surface area contributed by atoms with Crippen molar-refractivity contribution >= 4 is 55.4 Å². The lowest BCUT2D eigenvalue weighted by Crippen LogP contribution is -2.30. The third kappa shape index (κ3) is 5.23. The molecule has 11 rings (SSSR count). The molecule has 1 aromatic heterocycles. The highest BCUT2D eigenvalue weighted by Crippen LogP contribution is 2.51. The minimum Gasteiger partial charge on any atom is -0.404 e. The smallest absolute Gasteiger partial charge is 0.0353 e. The molecule has 59 heavy (non-hydrogen) atoms. The Labute approximate surface area is 344 Å². The molecular formula is C57H42N2. The van der Waals surface area contributed by atoms with E-state index in [1.165, 1.54) is 93.3 Å². The normalized spacial score (nSPS) is 13.7. The highest BCUT2D eigenvalue weighted by atomic mass is 14.6. The minimum absolute atomic E-state index is 0.0837. The molecule has 0 aliphatic heterocycles. The number of pyridine rings is 1. The summed E-state index contributed by atoms with van der Waals surface area (Å²) in [5, 5.41) is 11.8. The lowest BCUT2D eigenvalue weighted by Gasteiger charge is -2.23. The Morgan fingerprint density at radius 3 is 1.61 bits per heavy atom. The van der Waals surface area contributed by atoms with Crippen LogP contribution in [0.15, 0.2) is 176 Å². The monoisotopic (exact) mass is 754 g/mol. The molecule has 9 aromatic carbocycles. The first-order valence-corrected chi connectivity index (χ1v) is 20.5. The first kappa shape index (κ1) is 34.9. The van der Waals surface area contributed by atoms with Gasteiger partial charge in [0.15, 0.2) is 0 Å².